The van der Waals surface area contributed by atoms with E-state index >= 15 is 0 Å². The van der Waals surface area contributed by atoms with Gasteiger partial charge in [0.05, 0.1) is 13.2 Å². The van der Waals surface area contributed by atoms with Crippen molar-refractivity contribution in [3.8, 4) is 11.5 Å². The van der Waals surface area contributed by atoms with E-state index in [1.165, 1.54) is 32.8 Å². The van der Waals surface area contributed by atoms with Gasteiger partial charge in [0.15, 0.2) is 11.5 Å². The average Bonchev–Trinajstić information content (AvgIpc) is 2.97. The van der Waals surface area contributed by atoms with E-state index in [1.807, 2.05) is 0 Å². The summed E-state index contributed by atoms with van der Waals surface area (Å²) in [6.45, 7) is 0.257. The highest BCUT2D eigenvalue weighted by molar-refractivity contribution is 5.76. The molecule has 2 rings (SSSR count). The maximum absolute atomic E-state index is 10.7. The summed E-state index contributed by atoms with van der Waals surface area (Å²) < 4.78 is 10.8. The first-order valence-electron chi connectivity index (χ1n) is 7.17. The van der Waals surface area contributed by atoms with Crippen molar-refractivity contribution >= 4 is 6.29 Å². The fourth-order valence-corrected chi connectivity index (χ4v) is 2.76. The molecular weight excluding hydrogens is 256 g/mol. The highest BCUT2D eigenvalue weighted by atomic mass is 16.5. The number of carbonyl (C=O) groups is 1. The molecule has 0 heterocycles. The van der Waals surface area contributed by atoms with Crippen molar-refractivity contribution in [2.45, 2.75) is 38.2 Å². The van der Waals surface area contributed by atoms with E-state index < -0.39 is 6.10 Å². The summed E-state index contributed by atoms with van der Waals surface area (Å²) in [7, 11) is 1.53. The van der Waals surface area contributed by atoms with Gasteiger partial charge in [-0.2, -0.15) is 0 Å². The molecule has 1 fully saturated rings. The van der Waals surface area contributed by atoms with Crippen molar-refractivity contribution in [1.29, 1.82) is 0 Å². The molecule has 0 bridgehead atoms. The highest BCUT2D eigenvalue weighted by Gasteiger charge is 2.19. The van der Waals surface area contributed by atoms with E-state index in [2.05, 4.69) is 0 Å². The van der Waals surface area contributed by atoms with E-state index in [0.717, 1.165) is 12.7 Å². The van der Waals surface area contributed by atoms with E-state index in [1.54, 1.807) is 18.2 Å². The van der Waals surface area contributed by atoms with Crippen LogP contribution >= 0.6 is 0 Å². The second kappa shape index (κ2) is 7.29. The summed E-state index contributed by atoms with van der Waals surface area (Å²) >= 11 is 0. The van der Waals surface area contributed by atoms with Crippen LogP contribution in [0.4, 0.5) is 0 Å². The Morgan fingerprint density at radius 2 is 2.10 bits per heavy atom. The molecule has 0 aliphatic heterocycles. The lowest BCUT2D eigenvalue weighted by atomic mass is 10.0. The van der Waals surface area contributed by atoms with Gasteiger partial charge < -0.3 is 14.6 Å². The van der Waals surface area contributed by atoms with E-state index in [0.29, 0.717) is 23.0 Å². The van der Waals surface area contributed by atoms with Gasteiger partial charge in [0.2, 0.25) is 0 Å². The lowest BCUT2D eigenvalue weighted by Crippen LogP contribution is -2.20. The number of carbonyl (C=O) groups excluding carboxylic acids is 1. The van der Waals surface area contributed by atoms with Gasteiger partial charge in [0, 0.05) is 5.56 Å². The number of aldehydes is 1. The van der Waals surface area contributed by atoms with Crippen LogP contribution in [-0.4, -0.2) is 31.2 Å². The lowest BCUT2D eigenvalue weighted by molar-refractivity contribution is 0.0841. The van der Waals surface area contributed by atoms with Crippen molar-refractivity contribution in [2.24, 2.45) is 5.92 Å². The Balaban J connectivity index is 1.87. The van der Waals surface area contributed by atoms with Crippen molar-refractivity contribution in [2.75, 3.05) is 13.7 Å². The number of ether oxygens (including phenoxy) is 2. The number of benzene rings is 1. The predicted octanol–water partition coefficient (Wildman–Crippen LogP) is 2.83. The predicted molar refractivity (Wildman–Crippen MR) is 76.5 cm³/mol. The smallest absolute Gasteiger partial charge is 0.161 e. The van der Waals surface area contributed by atoms with E-state index in [-0.39, 0.29) is 6.61 Å². The van der Waals surface area contributed by atoms with Crippen LogP contribution in [0.3, 0.4) is 0 Å². The zero-order chi connectivity index (χ0) is 14.4. The molecule has 1 N–H and O–H groups in total. The molecule has 1 aliphatic carbocycles. The molecule has 1 aliphatic rings. The third kappa shape index (κ3) is 3.97. The first kappa shape index (κ1) is 14.9. The van der Waals surface area contributed by atoms with Gasteiger partial charge >= 0.3 is 0 Å². The van der Waals surface area contributed by atoms with Crippen LogP contribution in [0.1, 0.15) is 42.5 Å². The minimum Gasteiger partial charge on any atom is -0.493 e. The van der Waals surface area contributed by atoms with Crippen LogP contribution in [0, 0.1) is 5.92 Å². The summed E-state index contributed by atoms with van der Waals surface area (Å²) in [4.78, 5) is 10.7. The number of rotatable bonds is 7. The molecule has 1 aromatic rings. The van der Waals surface area contributed by atoms with Gasteiger partial charge in [-0.15, -0.1) is 0 Å². The minimum atomic E-state index is -0.450. The lowest BCUT2D eigenvalue weighted by Gasteiger charge is -2.17. The topological polar surface area (TPSA) is 55.8 Å². The zero-order valence-corrected chi connectivity index (χ0v) is 11.9. The molecule has 110 valence electrons. The number of hydrogen-bond donors (Lipinski definition) is 1. The summed E-state index contributed by atoms with van der Waals surface area (Å²) in [6.07, 6.45) is 6.10. The molecule has 1 atom stereocenters. The maximum Gasteiger partial charge on any atom is 0.161 e. The van der Waals surface area contributed by atoms with Gasteiger partial charge in [-0.3, -0.25) is 4.79 Å². The second-order valence-electron chi connectivity index (χ2n) is 5.38. The Bertz CT molecular complexity index is 438. The number of aliphatic hydroxyl groups excluding tert-OH is 1. The fraction of sp³-hybridized carbons (Fsp3) is 0.562. The average molecular weight is 278 g/mol. The Kier molecular flexibility index (Phi) is 5.41. The summed E-state index contributed by atoms with van der Waals surface area (Å²) in [5, 5.41) is 10.0. The molecule has 1 aromatic carbocycles. The Labute approximate surface area is 119 Å². The Hall–Kier alpha value is -1.55. The largest absolute Gasteiger partial charge is 0.493 e. The van der Waals surface area contributed by atoms with Crippen LogP contribution in [0.5, 0.6) is 11.5 Å². The number of aliphatic hydroxyl groups is 1. The summed E-state index contributed by atoms with van der Waals surface area (Å²) in [5.41, 5.74) is 0.542. The molecule has 1 saturated carbocycles. The fourth-order valence-electron chi connectivity index (χ4n) is 2.76. The summed E-state index contributed by atoms with van der Waals surface area (Å²) in [6, 6.07) is 5.00. The highest BCUT2D eigenvalue weighted by Crippen LogP contribution is 2.30. The van der Waals surface area contributed by atoms with Crippen LogP contribution in [0.2, 0.25) is 0 Å². The second-order valence-corrected chi connectivity index (χ2v) is 5.38. The van der Waals surface area contributed by atoms with Crippen LogP contribution in [0.25, 0.3) is 0 Å². The minimum absolute atomic E-state index is 0.257. The Morgan fingerprint density at radius 1 is 1.35 bits per heavy atom. The van der Waals surface area contributed by atoms with Crippen molar-refractivity contribution in [1.82, 2.24) is 0 Å². The molecule has 0 radical (unpaired) electrons. The van der Waals surface area contributed by atoms with Crippen molar-refractivity contribution in [3.63, 3.8) is 0 Å². The molecule has 0 saturated heterocycles. The molecular formula is C16H22O4. The van der Waals surface area contributed by atoms with E-state index in [4.69, 9.17) is 9.47 Å². The number of methoxy groups -OCH3 is 1. The Morgan fingerprint density at radius 3 is 2.75 bits per heavy atom. The molecule has 20 heavy (non-hydrogen) atoms. The van der Waals surface area contributed by atoms with E-state index in [9.17, 15) is 9.90 Å². The zero-order valence-electron chi connectivity index (χ0n) is 11.9. The molecule has 1 unspecified atom stereocenters. The standard InChI is InChI=1S/C16H22O4/c1-19-16-9-13(10-17)6-7-15(16)20-11-14(18)8-12-4-2-3-5-12/h6-7,9-10,12,14,18H,2-5,8,11H2,1H3. The monoisotopic (exact) mass is 278 g/mol. The van der Waals surface area contributed by atoms with Crippen LogP contribution in [0.15, 0.2) is 18.2 Å². The summed E-state index contributed by atoms with van der Waals surface area (Å²) in [5.74, 6) is 1.71. The van der Waals surface area contributed by atoms with Gasteiger partial charge in [0.1, 0.15) is 12.9 Å². The van der Waals surface area contributed by atoms with Crippen molar-refractivity contribution in [3.05, 3.63) is 23.8 Å². The molecule has 0 spiro atoms. The first-order chi connectivity index (χ1) is 9.72. The molecule has 0 amide bonds. The SMILES string of the molecule is COc1cc(C=O)ccc1OCC(O)CC1CCCC1. The van der Waals surface area contributed by atoms with Gasteiger partial charge in [-0.25, -0.2) is 0 Å². The number of hydrogen-bond acceptors (Lipinski definition) is 4. The third-order valence-electron chi connectivity index (χ3n) is 3.84. The maximum atomic E-state index is 10.7. The van der Waals surface area contributed by atoms with Crippen molar-refractivity contribution < 1.29 is 19.4 Å². The van der Waals surface area contributed by atoms with Gasteiger partial charge in [-0.05, 0) is 30.5 Å². The molecule has 4 nitrogen and oxygen atoms in total. The quantitative estimate of drug-likeness (QED) is 0.779. The molecule has 0 aromatic heterocycles. The normalized spacial score (nSPS) is 16.9. The third-order valence-corrected chi connectivity index (χ3v) is 3.84. The first-order valence-corrected chi connectivity index (χ1v) is 7.17. The van der Waals surface area contributed by atoms with Crippen LogP contribution < -0.4 is 9.47 Å². The van der Waals surface area contributed by atoms with Crippen LogP contribution in [-0.2, 0) is 0 Å². The van der Waals surface area contributed by atoms with Gasteiger partial charge in [-0.1, -0.05) is 25.7 Å². The van der Waals surface area contributed by atoms with Gasteiger partial charge in [0.25, 0.3) is 0 Å². The molecule has 4 heteroatoms.